The van der Waals surface area contributed by atoms with Crippen molar-refractivity contribution in [3.05, 3.63) is 101 Å². The highest BCUT2D eigenvalue weighted by molar-refractivity contribution is 6.30. The van der Waals surface area contributed by atoms with E-state index in [9.17, 15) is 19.8 Å². The molecular formula is C29H28ClN3O6. The quantitative estimate of drug-likeness (QED) is 0.180. The maximum absolute atomic E-state index is 12.2. The van der Waals surface area contributed by atoms with Gasteiger partial charge in [0.05, 0.1) is 18.2 Å². The summed E-state index contributed by atoms with van der Waals surface area (Å²) in [5, 5.41) is 35.8. The molecular weight excluding hydrogens is 522 g/mol. The van der Waals surface area contributed by atoms with E-state index in [1.54, 1.807) is 54.7 Å². The normalized spacial score (nSPS) is 12.6. The summed E-state index contributed by atoms with van der Waals surface area (Å²) in [5.74, 6) is -0.480. The molecule has 1 heterocycles. The Kier molecular flexibility index (Phi) is 9.45. The number of aliphatic carboxylic acids is 1. The fraction of sp³-hybridized carbons (Fsp3) is 0.207. The van der Waals surface area contributed by atoms with Crippen molar-refractivity contribution >= 4 is 34.4 Å². The van der Waals surface area contributed by atoms with Gasteiger partial charge in [0.2, 0.25) is 0 Å². The van der Waals surface area contributed by atoms with Crippen LogP contribution < -0.4 is 15.4 Å². The summed E-state index contributed by atoms with van der Waals surface area (Å²) in [6, 6.07) is 20.8. The molecule has 9 nitrogen and oxygen atoms in total. The van der Waals surface area contributed by atoms with Gasteiger partial charge < -0.3 is 30.7 Å². The average molecular weight is 550 g/mol. The topological polar surface area (TPSA) is 141 Å². The zero-order valence-electron chi connectivity index (χ0n) is 20.9. The fourth-order valence-electron chi connectivity index (χ4n) is 4.03. The molecule has 202 valence electrons. The molecule has 5 N–H and O–H groups in total. The van der Waals surface area contributed by atoms with Gasteiger partial charge in [-0.1, -0.05) is 35.9 Å². The third-order valence-corrected chi connectivity index (χ3v) is 6.29. The molecule has 1 amide bonds. The van der Waals surface area contributed by atoms with Crippen LogP contribution in [0, 0.1) is 0 Å². The molecule has 0 unspecified atom stereocenters. The van der Waals surface area contributed by atoms with Gasteiger partial charge in [-0.3, -0.25) is 14.6 Å². The van der Waals surface area contributed by atoms with Crippen LogP contribution in [0.3, 0.4) is 0 Å². The second-order valence-electron chi connectivity index (χ2n) is 8.93. The lowest BCUT2D eigenvalue weighted by Crippen LogP contribution is -2.37. The second kappa shape index (κ2) is 13.2. The number of hydrogen-bond donors (Lipinski definition) is 5. The van der Waals surface area contributed by atoms with Crippen molar-refractivity contribution in [3.8, 4) is 11.5 Å². The monoisotopic (exact) mass is 549 g/mol. The van der Waals surface area contributed by atoms with Gasteiger partial charge in [0.25, 0.3) is 5.91 Å². The van der Waals surface area contributed by atoms with E-state index in [1.807, 2.05) is 24.3 Å². The van der Waals surface area contributed by atoms with E-state index in [1.165, 1.54) is 0 Å². The average Bonchev–Trinajstić information content (AvgIpc) is 2.94. The van der Waals surface area contributed by atoms with Gasteiger partial charge in [-0.2, -0.15) is 0 Å². The number of nitrogens with one attached hydrogen (secondary N) is 2. The van der Waals surface area contributed by atoms with E-state index < -0.39 is 24.5 Å². The predicted octanol–water partition coefficient (Wildman–Crippen LogP) is 3.72. The van der Waals surface area contributed by atoms with Crippen LogP contribution in [-0.2, 0) is 11.2 Å². The molecule has 3 aromatic carbocycles. The van der Waals surface area contributed by atoms with Crippen LogP contribution in [0.15, 0.2) is 79.0 Å². The van der Waals surface area contributed by atoms with Crippen LogP contribution in [0.25, 0.3) is 10.9 Å². The van der Waals surface area contributed by atoms with Crippen molar-refractivity contribution in [2.24, 2.45) is 0 Å². The number of hydrogen-bond acceptors (Lipinski definition) is 7. The first kappa shape index (κ1) is 28.0. The lowest BCUT2D eigenvalue weighted by molar-refractivity contribution is -0.135. The van der Waals surface area contributed by atoms with E-state index >= 15 is 0 Å². The first-order chi connectivity index (χ1) is 18.8. The Bertz CT molecular complexity index is 1450. The Morgan fingerprint density at radius 1 is 1.03 bits per heavy atom. The van der Waals surface area contributed by atoms with E-state index in [0.717, 1.165) is 5.56 Å². The Hall–Kier alpha value is -4.02. The molecule has 1 aromatic heterocycles. The first-order valence-corrected chi connectivity index (χ1v) is 12.6. The molecule has 39 heavy (non-hydrogen) atoms. The molecule has 0 saturated carbocycles. The number of aromatic nitrogens is 1. The van der Waals surface area contributed by atoms with Gasteiger partial charge in [0.1, 0.15) is 18.0 Å². The van der Waals surface area contributed by atoms with Crippen molar-refractivity contribution in [3.63, 3.8) is 0 Å². The molecule has 0 spiro atoms. The van der Waals surface area contributed by atoms with Gasteiger partial charge >= 0.3 is 5.97 Å². The molecule has 0 aliphatic heterocycles. The number of rotatable bonds is 12. The first-order valence-electron chi connectivity index (χ1n) is 12.3. The third-order valence-electron chi connectivity index (χ3n) is 6.05. The lowest BCUT2D eigenvalue weighted by atomic mass is 10.0. The molecule has 0 fully saturated rings. The Labute approximate surface area is 230 Å². The Morgan fingerprint density at radius 2 is 1.82 bits per heavy atom. The SMILES string of the molecule is O=C(O)CNC(=O)c1ccc2c(Oc3ccc(C[C@@H](CO)NC[C@H](O)c4cccc(Cl)c4)cc3)ccnc2c1. The minimum Gasteiger partial charge on any atom is -0.480 e. The standard InChI is InChI=1S/C29H28ClN3O6/c30-21-3-1-2-19(13-21)26(35)15-32-22(17-34)12-18-4-7-23(8-5-18)39-27-10-11-31-25-14-20(6-9-24(25)27)29(38)33-16-28(36)37/h1-11,13-14,22,26,32,34-35H,12,15-17H2,(H,33,38)(H,36,37)/t22-,26-/m0/s1. The number of carboxylic acid groups (broad SMARTS) is 1. The molecule has 4 aromatic rings. The number of amides is 1. The summed E-state index contributed by atoms with van der Waals surface area (Å²) >= 11 is 6.00. The highest BCUT2D eigenvalue weighted by Gasteiger charge is 2.14. The van der Waals surface area contributed by atoms with Gasteiger partial charge in [-0.25, -0.2) is 0 Å². The number of ether oxygens (including phenoxy) is 1. The van der Waals surface area contributed by atoms with Gasteiger partial charge in [-0.05, 0) is 66.1 Å². The summed E-state index contributed by atoms with van der Waals surface area (Å²) in [4.78, 5) is 27.2. The lowest BCUT2D eigenvalue weighted by Gasteiger charge is -2.19. The van der Waals surface area contributed by atoms with E-state index in [2.05, 4.69) is 15.6 Å². The van der Waals surface area contributed by atoms with E-state index in [0.29, 0.717) is 45.0 Å². The van der Waals surface area contributed by atoms with Crippen molar-refractivity contribution in [2.45, 2.75) is 18.6 Å². The predicted molar refractivity (Wildman–Crippen MR) is 147 cm³/mol. The smallest absolute Gasteiger partial charge is 0.322 e. The van der Waals surface area contributed by atoms with Gasteiger partial charge in [0.15, 0.2) is 0 Å². The van der Waals surface area contributed by atoms with Crippen LogP contribution in [0.2, 0.25) is 5.02 Å². The number of carbonyl (C=O) groups excluding carboxylic acids is 1. The number of aliphatic hydroxyl groups excluding tert-OH is 2. The van der Waals surface area contributed by atoms with E-state index in [-0.39, 0.29) is 19.2 Å². The number of aliphatic hydroxyl groups is 2. The largest absolute Gasteiger partial charge is 0.480 e. The van der Waals surface area contributed by atoms with E-state index in [4.69, 9.17) is 21.4 Å². The van der Waals surface area contributed by atoms with Crippen molar-refractivity contribution in [1.82, 2.24) is 15.6 Å². The molecule has 4 rings (SSSR count). The van der Waals surface area contributed by atoms with Crippen molar-refractivity contribution in [1.29, 1.82) is 0 Å². The molecule has 0 radical (unpaired) electrons. The third kappa shape index (κ3) is 7.75. The second-order valence-corrected chi connectivity index (χ2v) is 9.36. The number of fused-ring (bicyclic) bond motifs is 1. The molecule has 2 atom stereocenters. The number of nitrogens with zero attached hydrogens (tertiary/aromatic N) is 1. The zero-order chi connectivity index (χ0) is 27.8. The molecule has 0 saturated heterocycles. The minimum absolute atomic E-state index is 0.0974. The summed E-state index contributed by atoms with van der Waals surface area (Å²) < 4.78 is 6.07. The van der Waals surface area contributed by atoms with Crippen LogP contribution in [0.5, 0.6) is 11.5 Å². The minimum atomic E-state index is -1.13. The fourth-order valence-corrected chi connectivity index (χ4v) is 4.23. The number of benzene rings is 3. The van der Waals surface area contributed by atoms with Gasteiger partial charge in [0, 0.05) is 34.8 Å². The number of halogens is 1. The maximum Gasteiger partial charge on any atom is 0.322 e. The molecule has 0 aliphatic carbocycles. The number of carbonyl (C=O) groups is 2. The zero-order valence-corrected chi connectivity index (χ0v) is 21.6. The Morgan fingerprint density at radius 3 is 2.54 bits per heavy atom. The van der Waals surface area contributed by atoms with Crippen LogP contribution in [0.1, 0.15) is 27.6 Å². The van der Waals surface area contributed by atoms with Crippen molar-refractivity contribution in [2.75, 3.05) is 19.7 Å². The van der Waals surface area contributed by atoms with Crippen molar-refractivity contribution < 1.29 is 29.6 Å². The van der Waals surface area contributed by atoms with Gasteiger partial charge in [-0.15, -0.1) is 0 Å². The van der Waals surface area contributed by atoms with Crippen LogP contribution >= 0.6 is 11.6 Å². The number of carboxylic acids is 1. The summed E-state index contributed by atoms with van der Waals surface area (Å²) in [7, 11) is 0. The highest BCUT2D eigenvalue weighted by atomic mass is 35.5. The number of pyridine rings is 1. The molecule has 0 aliphatic rings. The maximum atomic E-state index is 12.2. The Balaban J connectivity index is 1.37. The summed E-state index contributed by atoms with van der Waals surface area (Å²) in [5.41, 5.74) is 2.51. The van der Waals surface area contributed by atoms with Crippen LogP contribution in [0.4, 0.5) is 0 Å². The highest BCUT2D eigenvalue weighted by Crippen LogP contribution is 2.29. The molecule has 10 heteroatoms. The molecule has 0 bridgehead atoms. The summed E-state index contributed by atoms with van der Waals surface area (Å²) in [6.07, 6.45) is 1.36. The summed E-state index contributed by atoms with van der Waals surface area (Å²) in [6.45, 7) is -0.297. The van der Waals surface area contributed by atoms with Crippen LogP contribution in [-0.4, -0.2) is 57.9 Å².